The number of ether oxygens (including phenoxy) is 3. The minimum atomic E-state index is -2.99. The van der Waals surface area contributed by atoms with E-state index in [1.807, 2.05) is 0 Å². The molecule has 2 aromatic rings. The van der Waals surface area contributed by atoms with Gasteiger partial charge in [-0.25, -0.2) is 0 Å². The van der Waals surface area contributed by atoms with E-state index in [9.17, 15) is 45.6 Å². The summed E-state index contributed by atoms with van der Waals surface area (Å²) >= 11 is 0. The molecule has 4 rings (SSSR count). The molecule has 2 aromatic carbocycles. The summed E-state index contributed by atoms with van der Waals surface area (Å²) < 4.78 is 16.3. The van der Waals surface area contributed by atoms with E-state index < -0.39 is 85.8 Å². The molecular formula is C26H32O12. The second kappa shape index (κ2) is 11.8. The van der Waals surface area contributed by atoms with Crippen molar-refractivity contribution in [1.82, 2.24) is 0 Å². The lowest BCUT2D eigenvalue weighted by Crippen LogP contribution is -2.70. The van der Waals surface area contributed by atoms with Crippen LogP contribution in [0.15, 0.2) is 60.7 Å². The number of carbonyl (C=O) groups excluding carboxylic acids is 1. The number of carbonyl (C=O) groups is 1. The first-order valence-corrected chi connectivity index (χ1v) is 12.1. The fourth-order valence-corrected chi connectivity index (χ4v) is 4.84. The quantitative estimate of drug-likeness (QED) is 0.174. The van der Waals surface area contributed by atoms with Crippen molar-refractivity contribution in [2.24, 2.45) is 0 Å². The Kier molecular flexibility index (Phi) is 8.92. The van der Waals surface area contributed by atoms with E-state index >= 15 is 0 Å². The number of aliphatic hydroxyl groups excluding tert-OH is 7. The Morgan fingerprint density at radius 1 is 0.789 bits per heavy atom. The molecule has 8 N–H and O–H groups in total. The molecule has 1 unspecified atom stereocenters. The lowest BCUT2D eigenvalue weighted by Gasteiger charge is -2.48. The van der Waals surface area contributed by atoms with Crippen LogP contribution in [0.4, 0.5) is 0 Å². The summed E-state index contributed by atoms with van der Waals surface area (Å²) in [5, 5.41) is 82.9. The standard InChI is InChI=1S/C26H32O12/c27-11-15-18(29)19(30)20(31)25(36-15)37-22-16(12-28)38-26(35,24(34)21(22)32)23(33)17(13-7-3-1-4-8-13)14-9-5-2-6-10-14/h1-10,15-22,24-25,27-32,34-35H,11-12H2/t15-,16-,18+,19+,20-,21+,22-,24-,25+,26?/m1/s1. The van der Waals surface area contributed by atoms with Crippen LogP contribution in [0.1, 0.15) is 17.0 Å². The number of aliphatic hydroxyl groups is 8. The first-order chi connectivity index (χ1) is 18.1. The lowest BCUT2D eigenvalue weighted by atomic mass is 9.79. The average Bonchev–Trinajstić information content (AvgIpc) is 2.94. The van der Waals surface area contributed by atoms with Crippen molar-refractivity contribution in [2.45, 2.75) is 66.8 Å². The van der Waals surface area contributed by atoms with Crippen LogP contribution in [-0.2, 0) is 19.0 Å². The molecule has 10 atom stereocenters. The zero-order valence-electron chi connectivity index (χ0n) is 20.2. The molecule has 0 radical (unpaired) electrons. The van der Waals surface area contributed by atoms with E-state index in [1.54, 1.807) is 60.7 Å². The molecular weight excluding hydrogens is 504 g/mol. The van der Waals surface area contributed by atoms with Crippen LogP contribution in [0.2, 0.25) is 0 Å². The predicted molar refractivity (Wildman–Crippen MR) is 127 cm³/mol. The number of rotatable bonds is 8. The van der Waals surface area contributed by atoms with Crippen molar-refractivity contribution in [3.63, 3.8) is 0 Å². The van der Waals surface area contributed by atoms with Crippen molar-refractivity contribution in [3.05, 3.63) is 71.8 Å². The van der Waals surface area contributed by atoms with E-state index in [-0.39, 0.29) is 0 Å². The summed E-state index contributed by atoms with van der Waals surface area (Å²) in [7, 11) is 0. The Hall–Kier alpha value is -2.33. The van der Waals surface area contributed by atoms with Gasteiger partial charge in [0.05, 0.1) is 19.1 Å². The Bertz CT molecular complexity index is 1010. The third-order valence-electron chi connectivity index (χ3n) is 6.96. The number of hydrogen-bond donors (Lipinski definition) is 8. The zero-order valence-corrected chi connectivity index (χ0v) is 20.2. The zero-order chi connectivity index (χ0) is 27.6. The van der Waals surface area contributed by atoms with Crippen molar-refractivity contribution in [1.29, 1.82) is 0 Å². The highest BCUT2D eigenvalue weighted by atomic mass is 16.7. The molecule has 0 saturated carbocycles. The van der Waals surface area contributed by atoms with Gasteiger partial charge in [0.15, 0.2) is 6.29 Å². The third-order valence-corrected chi connectivity index (χ3v) is 6.96. The minimum absolute atomic E-state index is 0.475. The van der Waals surface area contributed by atoms with Crippen LogP contribution in [0.5, 0.6) is 0 Å². The van der Waals surface area contributed by atoms with Gasteiger partial charge in [-0.2, -0.15) is 0 Å². The Balaban J connectivity index is 1.62. The van der Waals surface area contributed by atoms with E-state index in [1.165, 1.54) is 0 Å². The Morgan fingerprint density at radius 2 is 1.32 bits per heavy atom. The molecule has 0 spiro atoms. The Labute approximate surface area is 217 Å². The molecule has 12 heteroatoms. The van der Waals surface area contributed by atoms with Gasteiger partial charge in [0.2, 0.25) is 5.78 Å². The van der Waals surface area contributed by atoms with Crippen LogP contribution >= 0.6 is 0 Å². The van der Waals surface area contributed by atoms with Gasteiger partial charge in [0, 0.05) is 0 Å². The highest BCUT2D eigenvalue weighted by Crippen LogP contribution is 2.38. The first-order valence-electron chi connectivity index (χ1n) is 12.1. The van der Waals surface area contributed by atoms with Gasteiger partial charge in [-0.15, -0.1) is 0 Å². The number of hydrogen-bond acceptors (Lipinski definition) is 12. The Morgan fingerprint density at radius 3 is 1.82 bits per heavy atom. The van der Waals surface area contributed by atoms with E-state index in [0.29, 0.717) is 11.1 Å². The summed E-state index contributed by atoms with van der Waals surface area (Å²) in [5.41, 5.74) is 0.949. The molecule has 208 valence electrons. The number of Topliss-reactive ketones (excluding diaryl/α,β-unsaturated/α-hetero) is 1. The first kappa shape index (κ1) is 28.7. The minimum Gasteiger partial charge on any atom is -0.394 e. The fourth-order valence-electron chi connectivity index (χ4n) is 4.84. The van der Waals surface area contributed by atoms with Gasteiger partial charge in [-0.1, -0.05) is 60.7 Å². The molecule has 0 bridgehead atoms. The molecule has 2 fully saturated rings. The maximum atomic E-state index is 13.8. The van der Waals surface area contributed by atoms with Crippen molar-refractivity contribution >= 4 is 5.78 Å². The summed E-state index contributed by atoms with van der Waals surface area (Å²) in [5.74, 6) is -5.11. The third kappa shape index (κ3) is 5.26. The van der Waals surface area contributed by atoms with Crippen molar-refractivity contribution in [2.75, 3.05) is 13.2 Å². The van der Waals surface area contributed by atoms with Gasteiger partial charge < -0.3 is 55.1 Å². The van der Waals surface area contributed by atoms with Crippen LogP contribution in [0.3, 0.4) is 0 Å². The SMILES string of the molecule is O=C(C(c1ccccc1)c1ccccc1)C1(O)O[C@H](CO)[C@@H](O[C@@H]2O[C@H](CO)[C@H](O)[C@H](O)[C@H]2O)[C@H](O)[C@H]1O. The predicted octanol–water partition coefficient (Wildman–Crippen LogP) is -2.63. The van der Waals surface area contributed by atoms with E-state index in [2.05, 4.69) is 0 Å². The average molecular weight is 537 g/mol. The van der Waals surface area contributed by atoms with E-state index in [4.69, 9.17) is 14.2 Å². The number of benzene rings is 2. The maximum Gasteiger partial charge on any atom is 0.257 e. The summed E-state index contributed by atoms with van der Waals surface area (Å²) in [6.07, 6.45) is -16.0. The van der Waals surface area contributed by atoms with Crippen LogP contribution in [-0.4, -0.2) is 121 Å². The van der Waals surface area contributed by atoms with Gasteiger partial charge in [-0.05, 0) is 11.1 Å². The maximum absolute atomic E-state index is 13.8. The molecule has 2 aliphatic heterocycles. The normalized spacial score (nSPS) is 37.8. The van der Waals surface area contributed by atoms with E-state index in [0.717, 1.165) is 0 Å². The molecule has 2 heterocycles. The van der Waals surface area contributed by atoms with Gasteiger partial charge in [0.1, 0.15) is 48.8 Å². The molecule has 0 aliphatic carbocycles. The molecule has 12 nitrogen and oxygen atoms in total. The van der Waals surface area contributed by atoms with Crippen LogP contribution < -0.4 is 0 Å². The van der Waals surface area contributed by atoms with Gasteiger partial charge >= 0.3 is 0 Å². The largest absolute Gasteiger partial charge is 0.394 e. The lowest BCUT2D eigenvalue weighted by molar-refractivity contribution is -0.372. The second-order valence-electron chi connectivity index (χ2n) is 9.39. The molecule has 0 amide bonds. The second-order valence-corrected chi connectivity index (χ2v) is 9.39. The fraction of sp³-hybridized carbons (Fsp3) is 0.500. The van der Waals surface area contributed by atoms with Crippen LogP contribution in [0.25, 0.3) is 0 Å². The summed E-state index contributed by atoms with van der Waals surface area (Å²) in [6.45, 7) is -1.64. The van der Waals surface area contributed by atoms with Crippen molar-refractivity contribution < 1.29 is 59.9 Å². The van der Waals surface area contributed by atoms with Gasteiger partial charge in [-0.3, -0.25) is 4.79 Å². The summed E-state index contributed by atoms with van der Waals surface area (Å²) in [4.78, 5) is 13.8. The highest BCUT2D eigenvalue weighted by Gasteiger charge is 2.60. The monoisotopic (exact) mass is 536 g/mol. The van der Waals surface area contributed by atoms with Gasteiger partial charge in [0.25, 0.3) is 5.79 Å². The molecule has 38 heavy (non-hydrogen) atoms. The highest BCUT2D eigenvalue weighted by molar-refractivity contribution is 5.95. The topological polar surface area (TPSA) is 207 Å². The number of ketones is 1. The molecule has 0 aromatic heterocycles. The summed E-state index contributed by atoms with van der Waals surface area (Å²) in [6, 6.07) is 16.9. The molecule has 2 aliphatic rings. The van der Waals surface area contributed by atoms with Crippen molar-refractivity contribution in [3.8, 4) is 0 Å². The smallest absolute Gasteiger partial charge is 0.257 e. The van der Waals surface area contributed by atoms with Crippen LogP contribution in [0, 0.1) is 0 Å². The molecule has 2 saturated heterocycles.